The molecule has 1 unspecified atom stereocenters. The van der Waals surface area contributed by atoms with Crippen LogP contribution in [0.5, 0.6) is 0 Å². The van der Waals surface area contributed by atoms with Crippen molar-refractivity contribution in [3.8, 4) is 0 Å². The zero-order valence-corrected chi connectivity index (χ0v) is 12.6. The first-order chi connectivity index (χ1) is 9.72. The lowest BCUT2D eigenvalue weighted by Gasteiger charge is -2.15. The molecule has 0 aromatic rings. The Labute approximate surface area is 123 Å². The number of carboxylic acid groups (broad SMARTS) is 1. The standard InChI is InChI=1S/C13H23N3O5/c1-8(2)4-10(13(20)21)5-15-12(19)7-16-11(18)6-14-9(3)17/h8,10H,4-7H2,1-3H3,(H,14,17)(H,15,19)(H,16,18)(H,20,21). The molecule has 4 N–H and O–H groups in total. The summed E-state index contributed by atoms with van der Waals surface area (Å²) in [7, 11) is 0. The van der Waals surface area contributed by atoms with Crippen LogP contribution in [0.15, 0.2) is 0 Å². The highest BCUT2D eigenvalue weighted by Crippen LogP contribution is 2.10. The van der Waals surface area contributed by atoms with E-state index < -0.39 is 23.7 Å². The van der Waals surface area contributed by atoms with E-state index in [-0.39, 0.29) is 31.5 Å². The third-order valence-electron chi connectivity index (χ3n) is 2.59. The van der Waals surface area contributed by atoms with Crippen LogP contribution in [0.4, 0.5) is 0 Å². The molecule has 8 heteroatoms. The zero-order chi connectivity index (χ0) is 16.4. The van der Waals surface area contributed by atoms with Gasteiger partial charge in [0.15, 0.2) is 0 Å². The molecule has 0 aromatic heterocycles. The van der Waals surface area contributed by atoms with Crippen LogP contribution in [0.2, 0.25) is 0 Å². The van der Waals surface area contributed by atoms with Gasteiger partial charge in [-0.05, 0) is 12.3 Å². The minimum atomic E-state index is -0.960. The predicted octanol–water partition coefficient (Wildman–Crippen LogP) is -0.898. The number of carbonyl (C=O) groups excluding carboxylic acids is 3. The van der Waals surface area contributed by atoms with Gasteiger partial charge in [-0.25, -0.2) is 0 Å². The lowest BCUT2D eigenvalue weighted by atomic mass is 9.97. The van der Waals surface area contributed by atoms with Crippen LogP contribution >= 0.6 is 0 Å². The summed E-state index contributed by atoms with van der Waals surface area (Å²) in [6.07, 6.45) is 0.463. The summed E-state index contributed by atoms with van der Waals surface area (Å²) in [5.74, 6) is -2.70. The van der Waals surface area contributed by atoms with Crippen LogP contribution in [-0.4, -0.2) is 48.4 Å². The van der Waals surface area contributed by atoms with Gasteiger partial charge >= 0.3 is 5.97 Å². The lowest BCUT2D eigenvalue weighted by molar-refractivity contribution is -0.142. The fraction of sp³-hybridized carbons (Fsp3) is 0.692. The number of carboxylic acids is 1. The molecule has 0 spiro atoms. The van der Waals surface area contributed by atoms with Crippen molar-refractivity contribution >= 4 is 23.7 Å². The topological polar surface area (TPSA) is 125 Å². The Morgan fingerprint density at radius 3 is 1.95 bits per heavy atom. The number of carbonyl (C=O) groups is 4. The number of hydrogen-bond donors (Lipinski definition) is 4. The molecule has 0 rings (SSSR count). The van der Waals surface area contributed by atoms with Gasteiger partial charge in [-0.15, -0.1) is 0 Å². The Morgan fingerprint density at radius 2 is 1.48 bits per heavy atom. The Morgan fingerprint density at radius 1 is 0.952 bits per heavy atom. The second-order valence-electron chi connectivity index (χ2n) is 5.16. The Hall–Kier alpha value is -2.12. The highest BCUT2D eigenvalue weighted by Gasteiger charge is 2.19. The third kappa shape index (κ3) is 10.3. The van der Waals surface area contributed by atoms with E-state index in [4.69, 9.17) is 5.11 Å². The number of nitrogens with one attached hydrogen (secondary N) is 3. The second-order valence-corrected chi connectivity index (χ2v) is 5.16. The van der Waals surface area contributed by atoms with Crippen molar-refractivity contribution in [2.75, 3.05) is 19.6 Å². The smallest absolute Gasteiger partial charge is 0.308 e. The molecule has 0 fully saturated rings. The fourth-order valence-corrected chi connectivity index (χ4v) is 1.59. The van der Waals surface area contributed by atoms with Gasteiger partial charge in [0, 0.05) is 13.5 Å². The molecule has 0 bridgehead atoms. The minimum absolute atomic E-state index is 0.0217. The van der Waals surface area contributed by atoms with E-state index >= 15 is 0 Å². The van der Waals surface area contributed by atoms with Crippen molar-refractivity contribution in [2.24, 2.45) is 11.8 Å². The van der Waals surface area contributed by atoms with Crippen molar-refractivity contribution in [3.05, 3.63) is 0 Å². The zero-order valence-electron chi connectivity index (χ0n) is 12.6. The van der Waals surface area contributed by atoms with E-state index in [1.54, 1.807) is 0 Å². The SMILES string of the molecule is CC(=O)NCC(=O)NCC(=O)NCC(CC(C)C)C(=O)O. The van der Waals surface area contributed by atoms with Crippen molar-refractivity contribution in [1.29, 1.82) is 0 Å². The lowest BCUT2D eigenvalue weighted by Crippen LogP contribution is -2.43. The summed E-state index contributed by atoms with van der Waals surface area (Å²) in [5, 5.41) is 16.1. The second kappa shape index (κ2) is 9.73. The first kappa shape index (κ1) is 18.9. The van der Waals surface area contributed by atoms with Gasteiger partial charge in [0.05, 0.1) is 19.0 Å². The van der Waals surface area contributed by atoms with Crippen LogP contribution in [0.3, 0.4) is 0 Å². The monoisotopic (exact) mass is 301 g/mol. The molecule has 0 saturated heterocycles. The molecule has 0 heterocycles. The van der Waals surface area contributed by atoms with Crippen LogP contribution in [-0.2, 0) is 19.2 Å². The average Bonchev–Trinajstić information content (AvgIpc) is 2.37. The summed E-state index contributed by atoms with van der Waals surface area (Å²) in [4.78, 5) is 44.3. The van der Waals surface area contributed by atoms with Gasteiger partial charge < -0.3 is 21.1 Å². The first-order valence-electron chi connectivity index (χ1n) is 6.73. The molecule has 0 radical (unpaired) electrons. The quantitative estimate of drug-likeness (QED) is 0.439. The van der Waals surface area contributed by atoms with Gasteiger partial charge in [0.25, 0.3) is 0 Å². The molecule has 0 aliphatic carbocycles. The highest BCUT2D eigenvalue weighted by atomic mass is 16.4. The summed E-state index contributed by atoms with van der Waals surface area (Å²) in [6.45, 7) is 4.65. The molecule has 0 aliphatic rings. The van der Waals surface area contributed by atoms with Gasteiger partial charge in [0.1, 0.15) is 0 Å². The van der Waals surface area contributed by atoms with Crippen LogP contribution < -0.4 is 16.0 Å². The molecule has 21 heavy (non-hydrogen) atoms. The maximum Gasteiger partial charge on any atom is 0.308 e. The van der Waals surface area contributed by atoms with E-state index in [2.05, 4.69) is 16.0 Å². The number of amides is 3. The normalized spacial score (nSPS) is 11.6. The maximum atomic E-state index is 11.5. The van der Waals surface area contributed by atoms with Crippen molar-refractivity contribution in [2.45, 2.75) is 27.2 Å². The Balaban J connectivity index is 4.00. The van der Waals surface area contributed by atoms with E-state index in [1.165, 1.54) is 6.92 Å². The fourth-order valence-electron chi connectivity index (χ4n) is 1.59. The maximum absolute atomic E-state index is 11.5. The molecule has 120 valence electrons. The van der Waals surface area contributed by atoms with Gasteiger partial charge in [0.2, 0.25) is 17.7 Å². The Kier molecular flexibility index (Phi) is 8.75. The molecule has 1 atom stereocenters. The van der Waals surface area contributed by atoms with Crippen LogP contribution in [0, 0.1) is 11.8 Å². The largest absolute Gasteiger partial charge is 0.481 e. The average molecular weight is 301 g/mol. The molecular formula is C13H23N3O5. The van der Waals surface area contributed by atoms with E-state index in [9.17, 15) is 19.2 Å². The third-order valence-corrected chi connectivity index (χ3v) is 2.59. The van der Waals surface area contributed by atoms with Crippen LogP contribution in [0.1, 0.15) is 27.2 Å². The predicted molar refractivity (Wildman–Crippen MR) is 75.3 cm³/mol. The molecule has 0 aromatic carbocycles. The molecule has 0 aliphatic heterocycles. The number of aliphatic carboxylic acids is 1. The van der Waals surface area contributed by atoms with Crippen LogP contribution in [0.25, 0.3) is 0 Å². The number of hydrogen-bond acceptors (Lipinski definition) is 4. The van der Waals surface area contributed by atoms with E-state index in [1.807, 2.05) is 13.8 Å². The van der Waals surface area contributed by atoms with Gasteiger partial charge in [-0.2, -0.15) is 0 Å². The number of rotatable bonds is 9. The van der Waals surface area contributed by atoms with Crippen molar-refractivity contribution < 1.29 is 24.3 Å². The highest BCUT2D eigenvalue weighted by molar-refractivity contribution is 5.87. The van der Waals surface area contributed by atoms with Crippen molar-refractivity contribution in [1.82, 2.24) is 16.0 Å². The van der Waals surface area contributed by atoms with Gasteiger partial charge in [-0.3, -0.25) is 19.2 Å². The molecule has 8 nitrogen and oxygen atoms in total. The summed E-state index contributed by atoms with van der Waals surface area (Å²) in [5.41, 5.74) is 0. The molecular weight excluding hydrogens is 278 g/mol. The first-order valence-corrected chi connectivity index (χ1v) is 6.73. The molecule has 3 amide bonds. The van der Waals surface area contributed by atoms with E-state index in [0.29, 0.717) is 6.42 Å². The Bertz CT molecular complexity index is 395. The van der Waals surface area contributed by atoms with Crippen molar-refractivity contribution in [3.63, 3.8) is 0 Å². The molecule has 0 saturated carbocycles. The summed E-state index contributed by atoms with van der Waals surface area (Å²) in [6, 6.07) is 0. The summed E-state index contributed by atoms with van der Waals surface area (Å²) >= 11 is 0. The minimum Gasteiger partial charge on any atom is -0.481 e. The van der Waals surface area contributed by atoms with Gasteiger partial charge in [-0.1, -0.05) is 13.8 Å². The summed E-state index contributed by atoms with van der Waals surface area (Å²) < 4.78 is 0. The van der Waals surface area contributed by atoms with E-state index in [0.717, 1.165) is 0 Å².